The minimum Gasteiger partial charge on any atom is -0.381 e. The molecule has 94 valence electrons. The van der Waals surface area contributed by atoms with Crippen LogP contribution in [0, 0.1) is 12.8 Å². The van der Waals surface area contributed by atoms with E-state index in [9.17, 15) is 0 Å². The summed E-state index contributed by atoms with van der Waals surface area (Å²) in [7, 11) is 2.07. The van der Waals surface area contributed by atoms with Crippen molar-refractivity contribution in [3.63, 3.8) is 0 Å². The predicted octanol–water partition coefficient (Wildman–Crippen LogP) is 2.55. The fourth-order valence-corrected chi connectivity index (χ4v) is 2.56. The number of hydrogen-bond donors (Lipinski definition) is 1. The van der Waals surface area contributed by atoms with Gasteiger partial charge in [-0.3, -0.25) is 0 Å². The van der Waals surface area contributed by atoms with Crippen molar-refractivity contribution in [1.82, 2.24) is 5.32 Å². The van der Waals surface area contributed by atoms with Gasteiger partial charge >= 0.3 is 0 Å². The van der Waals surface area contributed by atoms with E-state index in [1.807, 2.05) is 0 Å². The Balaban J connectivity index is 1.84. The lowest BCUT2D eigenvalue weighted by atomic mass is 9.93. The Hall–Kier alpha value is -0.860. The molecule has 1 aromatic carbocycles. The highest BCUT2D eigenvalue weighted by atomic mass is 16.5. The van der Waals surface area contributed by atoms with Crippen LogP contribution in [0.25, 0.3) is 0 Å². The summed E-state index contributed by atoms with van der Waals surface area (Å²) >= 11 is 0. The molecular formula is C15H23NO. The van der Waals surface area contributed by atoms with Crippen molar-refractivity contribution in [2.24, 2.45) is 5.92 Å². The van der Waals surface area contributed by atoms with E-state index in [2.05, 4.69) is 43.6 Å². The highest BCUT2D eigenvalue weighted by Crippen LogP contribution is 2.20. The molecule has 1 aliphatic heterocycles. The second-order valence-electron chi connectivity index (χ2n) is 5.04. The Bertz CT molecular complexity index is 327. The normalized spacial score (nSPS) is 21.6. The van der Waals surface area contributed by atoms with Gasteiger partial charge in [0.15, 0.2) is 0 Å². The summed E-state index contributed by atoms with van der Waals surface area (Å²) in [5.41, 5.74) is 2.78. The minimum atomic E-state index is 0.596. The predicted molar refractivity (Wildman–Crippen MR) is 71.3 cm³/mol. The highest BCUT2D eigenvalue weighted by Gasteiger charge is 2.23. The second kappa shape index (κ2) is 6.18. The van der Waals surface area contributed by atoms with Gasteiger partial charge in [0.2, 0.25) is 0 Å². The average Bonchev–Trinajstić information content (AvgIpc) is 2.86. The molecule has 2 nitrogen and oxygen atoms in total. The Morgan fingerprint density at radius 3 is 2.71 bits per heavy atom. The van der Waals surface area contributed by atoms with Crippen LogP contribution < -0.4 is 5.32 Å². The van der Waals surface area contributed by atoms with Crippen LogP contribution in [0.3, 0.4) is 0 Å². The standard InChI is InChI=1S/C15H23NO/c1-12-3-5-13(6-4-12)7-8-15(16-2)14-9-10-17-11-14/h3-6,14-16H,7-11H2,1-2H3. The zero-order valence-corrected chi connectivity index (χ0v) is 10.9. The van der Waals surface area contributed by atoms with Gasteiger partial charge in [-0.05, 0) is 44.7 Å². The smallest absolute Gasteiger partial charge is 0.0510 e. The molecule has 1 fully saturated rings. The van der Waals surface area contributed by atoms with Gasteiger partial charge in [0, 0.05) is 12.6 Å². The number of rotatable bonds is 5. The summed E-state index contributed by atoms with van der Waals surface area (Å²) in [5, 5.41) is 3.45. The molecule has 0 bridgehead atoms. The molecule has 0 saturated carbocycles. The Kier molecular flexibility index (Phi) is 4.57. The van der Waals surface area contributed by atoms with Crippen LogP contribution in [0.5, 0.6) is 0 Å². The molecule has 0 amide bonds. The maximum absolute atomic E-state index is 5.47. The molecule has 1 aromatic rings. The molecule has 0 aromatic heterocycles. The van der Waals surface area contributed by atoms with Crippen molar-refractivity contribution in [1.29, 1.82) is 0 Å². The highest BCUT2D eigenvalue weighted by molar-refractivity contribution is 5.21. The topological polar surface area (TPSA) is 21.3 Å². The van der Waals surface area contributed by atoms with Crippen LogP contribution in [-0.2, 0) is 11.2 Å². The molecular weight excluding hydrogens is 210 g/mol. The zero-order chi connectivity index (χ0) is 12.1. The van der Waals surface area contributed by atoms with Crippen molar-refractivity contribution in [3.05, 3.63) is 35.4 Å². The van der Waals surface area contributed by atoms with E-state index in [1.54, 1.807) is 0 Å². The Morgan fingerprint density at radius 1 is 1.35 bits per heavy atom. The van der Waals surface area contributed by atoms with Gasteiger partial charge in [-0.25, -0.2) is 0 Å². The summed E-state index contributed by atoms with van der Waals surface area (Å²) in [6, 6.07) is 9.48. The molecule has 0 radical (unpaired) electrons. The van der Waals surface area contributed by atoms with Gasteiger partial charge in [-0.2, -0.15) is 0 Å². The molecule has 2 unspecified atom stereocenters. The first-order valence-corrected chi connectivity index (χ1v) is 6.60. The first kappa shape index (κ1) is 12.6. The van der Waals surface area contributed by atoms with Gasteiger partial charge in [0.25, 0.3) is 0 Å². The first-order chi connectivity index (χ1) is 8.29. The lowest BCUT2D eigenvalue weighted by molar-refractivity contribution is 0.176. The molecule has 0 spiro atoms. The quantitative estimate of drug-likeness (QED) is 0.844. The molecule has 2 rings (SSSR count). The lowest BCUT2D eigenvalue weighted by Gasteiger charge is -2.21. The summed E-state index contributed by atoms with van der Waals surface area (Å²) < 4.78 is 5.47. The van der Waals surface area contributed by atoms with Crippen LogP contribution >= 0.6 is 0 Å². The first-order valence-electron chi connectivity index (χ1n) is 6.60. The fraction of sp³-hybridized carbons (Fsp3) is 0.600. The average molecular weight is 233 g/mol. The third-order valence-corrected chi connectivity index (χ3v) is 3.77. The van der Waals surface area contributed by atoms with Crippen molar-refractivity contribution in [2.45, 2.75) is 32.2 Å². The molecule has 1 aliphatic rings. The van der Waals surface area contributed by atoms with Crippen molar-refractivity contribution < 1.29 is 4.74 Å². The minimum absolute atomic E-state index is 0.596. The van der Waals surface area contributed by atoms with E-state index in [-0.39, 0.29) is 0 Å². The molecule has 2 heteroatoms. The van der Waals surface area contributed by atoms with E-state index in [4.69, 9.17) is 4.74 Å². The number of hydrogen-bond acceptors (Lipinski definition) is 2. The van der Waals surface area contributed by atoms with E-state index < -0.39 is 0 Å². The van der Waals surface area contributed by atoms with Gasteiger partial charge in [-0.1, -0.05) is 29.8 Å². The third kappa shape index (κ3) is 3.55. The van der Waals surface area contributed by atoms with Crippen LogP contribution in [0.2, 0.25) is 0 Å². The van der Waals surface area contributed by atoms with Crippen molar-refractivity contribution in [2.75, 3.05) is 20.3 Å². The van der Waals surface area contributed by atoms with Gasteiger partial charge in [0.1, 0.15) is 0 Å². The molecule has 0 aliphatic carbocycles. The van der Waals surface area contributed by atoms with Crippen LogP contribution in [0.1, 0.15) is 24.0 Å². The number of aryl methyl sites for hydroxylation is 2. The van der Waals surface area contributed by atoms with Crippen LogP contribution in [0.15, 0.2) is 24.3 Å². The third-order valence-electron chi connectivity index (χ3n) is 3.77. The van der Waals surface area contributed by atoms with E-state index in [1.165, 1.54) is 24.0 Å². The summed E-state index contributed by atoms with van der Waals surface area (Å²) in [6.07, 6.45) is 3.56. The van der Waals surface area contributed by atoms with Crippen LogP contribution in [-0.4, -0.2) is 26.3 Å². The molecule has 1 N–H and O–H groups in total. The maximum atomic E-state index is 5.47. The maximum Gasteiger partial charge on any atom is 0.0510 e. The fourth-order valence-electron chi connectivity index (χ4n) is 2.56. The van der Waals surface area contributed by atoms with Gasteiger partial charge < -0.3 is 10.1 Å². The molecule has 1 heterocycles. The number of benzene rings is 1. The second-order valence-corrected chi connectivity index (χ2v) is 5.04. The molecule has 17 heavy (non-hydrogen) atoms. The monoisotopic (exact) mass is 233 g/mol. The zero-order valence-electron chi connectivity index (χ0n) is 10.9. The van der Waals surface area contributed by atoms with E-state index in [0.717, 1.165) is 19.6 Å². The van der Waals surface area contributed by atoms with Gasteiger partial charge in [0.05, 0.1) is 6.61 Å². The van der Waals surface area contributed by atoms with E-state index in [0.29, 0.717) is 12.0 Å². The lowest BCUT2D eigenvalue weighted by Crippen LogP contribution is -2.34. The summed E-state index contributed by atoms with van der Waals surface area (Å²) in [5.74, 6) is 0.699. The number of nitrogens with one attached hydrogen (secondary N) is 1. The number of ether oxygens (including phenoxy) is 1. The summed E-state index contributed by atoms with van der Waals surface area (Å²) in [6.45, 7) is 4.00. The largest absolute Gasteiger partial charge is 0.381 e. The SMILES string of the molecule is CNC(CCc1ccc(C)cc1)C1CCOC1. The summed E-state index contributed by atoms with van der Waals surface area (Å²) in [4.78, 5) is 0. The van der Waals surface area contributed by atoms with E-state index >= 15 is 0 Å². The van der Waals surface area contributed by atoms with Crippen LogP contribution in [0.4, 0.5) is 0 Å². The van der Waals surface area contributed by atoms with Gasteiger partial charge in [-0.15, -0.1) is 0 Å². The molecule has 2 atom stereocenters. The van der Waals surface area contributed by atoms with Crippen molar-refractivity contribution in [3.8, 4) is 0 Å². The molecule has 1 saturated heterocycles. The van der Waals surface area contributed by atoms with Crippen molar-refractivity contribution >= 4 is 0 Å². The Morgan fingerprint density at radius 2 is 2.12 bits per heavy atom. The Labute approximate surface area is 104 Å².